The molecule has 0 bridgehead atoms. The maximum atomic E-state index is 13.4. The van der Waals surface area contributed by atoms with E-state index in [2.05, 4.69) is 9.97 Å². The van der Waals surface area contributed by atoms with Crippen LogP contribution in [-0.4, -0.2) is 36.7 Å². The number of thiophene rings is 1. The predicted octanol–water partition coefficient (Wildman–Crippen LogP) is 4.09. The first-order chi connectivity index (χ1) is 15.8. The predicted molar refractivity (Wildman–Crippen MR) is 122 cm³/mol. The van der Waals surface area contributed by atoms with Crippen LogP contribution in [0.5, 0.6) is 17.2 Å². The average Bonchev–Trinajstić information content (AvgIpc) is 3.27. The molecule has 12 heteroatoms. The largest absolute Gasteiger partial charge is 0.457 e. The van der Waals surface area contributed by atoms with E-state index in [9.17, 15) is 13.2 Å². The van der Waals surface area contributed by atoms with E-state index in [0.29, 0.717) is 21.7 Å². The van der Waals surface area contributed by atoms with Crippen molar-refractivity contribution in [1.29, 1.82) is 0 Å². The third-order valence-electron chi connectivity index (χ3n) is 4.66. The second-order valence-corrected chi connectivity index (χ2v) is 9.63. The highest BCUT2D eigenvalue weighted by molar-refractivity contribution is 7.92. The monoisotopic (exact) mass is 486 g/mol. The highest BCUT2D eigenvalue weighted by atomic mass is 32.2. The minimum absolute atomic E-state index is 0.00353. The lowest BCUT2D eigenvalue weighted by atomic mass is 10.2. The van der Waals surface area contributed by atoms with E-state index in [1.54, 1.807) is 42.9 Å². The molecule has 33 heavy (non-hydrogen) atoms. The molecule has 2 N–H and O–H groups in total. The Bertz CT molecular complexity index is 1410. The first-order valence-electron chi connectivity index (χ1n) is 9.48. The molecule has 0 saturated carbocycles. The van der Waals surface area contributed by atoms with Crippen molar-refractivity contribution in [2.75, 3.05) is 11.4 Å². The minimum atomic E-state index is -4.06. The smallest absolute Gasteiger partial charge is 0.436 e. The van der Waals surface area contributed by atoms with Crippen molar-refractivity contribution in [3.05, 3.63) is 65.9 Å². The van der Waals surface area contributed by atoms with Gasteiger partial charge in [0, 0.05) is 19.4 Å². The molecule has 0 aliphatic carbocycles. The van der Waals surface area contributed by atoms with Crippen molar-refractivity contribution < 1.29 is 27.9 Å². The fourth-order valence-electron chi connectivity index (χ4n) is 3.10. The van der Waals surface area contributed by atoms with Gasteiger partial charge in [0.15, 0.2) is 5.75 Å². The normalized spacial score (nSPS) is 11.2. The summed E-state index contributed by atoms with van der Waals surface area (Å²) >= 11 is 1.25. The van der Waals surface area contributed by atoms with Crippen molar-refractivity contribution in [2.24, 2.45) is 0 Å². The second kappa shape index (κ2) is 9.02. The number of carbonyl (C=O) groups is 1. The molecule has 0 spiro atoms. The summed E-state index contributed by atoms with van der Waals surface area (Å²) in [6.07, 6.45) is 2.00. The lowest BCUT2D eigenvalue weighted by molar-refractivity contribution is 0.127. The summed E-state index contributed by atoms with van der Waals surface area (Å²) in [5.74, 6) is 0.932. The topological polar surface area (TPSA) is 131 Å². The summed E-state index contributed by atoms with van der Waals surface area (Å²) < 4.78 is 39.3. The molecule has 4 aromatic rings. The van der Waals surface area contributed by atoms with Crippen LogP contribution in [0, 0.1) is 6.92 Å². The molecule has 10 nitrogen and oxygen atoms in total. The van der Waals surface area contributed by atoms with E-state index in [4.69, 9.17) is 14.7 Å². The molecule has 0 aliphatic heterocycles. The number of hydroxylamine groups is 1. The van der Waals surface area contributed by atoms with Gasteiger partial charge in [-0.1, -0.05) is 0 Å². The number of hydrogen-bond donors (Lipinski definition) is 2. The zero-order valence-electron chi connectivity index (χ0n) is 17.4. The van der Waals surface area contributed by atoms with Crippen LogP contribution >= 0.6 is 11.3 Å². The van der Waals surface area contributed by atoms with Crippen LogP contribution in [0.1, 0.15) is 5.69 Å². The summed E-state index contributed by atoms with van der Waals surface area (Å²) in [5, 5.41) is 10.6. The molecule has 0 fully saturated rings. The highest BCUT2D eigenvalue weighted by Gasteiger charge is 2.29. The summed E-state index contributed by atoms with van der Waals surface area (Å²) in [6.45, 7) is 1.58. The number of anilines is 1. The molecule has 1 aromatic carbocycles. The van der Waals surface area contributed by atoms with E-state index in [1.807, 2.05) is 0 Å². The Morgan fingerprint density at radius 2 is 1.76 bits per heavy atom. The molecular formula is C21H18N4O6S2. The Hall–Kier alpha value is -3.74. The van der Waals surface area contributed by atoms with Crippen molar-refractivity contribution in [1.82, 2.24) is 15.4 Å². The molecule has 0 aliphatic rings. The fraction of sp³-hybridized carbons (Fsp3) is 0.0952. The number of nitrogens with zero attached hydrogens (tertiary/aromatic N) is 3. The Balaban J connectivity index is 1.72. The molecule has 0 atom stereocenters. The Morgan fingerprint density at radius 1 is 1.09 bits per heavy atom. The standard InChI is InChI=1S/C21H18N4O6S2/c1-13-19(31-21(26)24-27)18(20-17(23-13)9-12-32-20)25(2)33(28,29)16-5-3-14(4-6-16)30-15-7-10-22-11-8-15/h3-12,27H,1-2H3,(H,24,26). The zero-order valence-corrected chi connectivity index (χ0v) is 19.1. The van der Waals surface area contributed by atoms with Crippen LogP contribution in [0.25, 0.3) is 10.2 Å². The van der Waals surface area contributed by atoms with Crippen LogP contribution in [0.2, 0.25) is 0 Å². The summed E-state index contributed by atoms with van der Waals surface area (Å²) in [5.41, 5.74) is 2.34. The molecule has 0 radical (unpaired) electrons. The van der Waals surface area contributed by atoms with Gasteiger partial charge < -0.3 is 9.47 Å². The van der Waals surface area contributed by atoms with Crippen LogP contribution in [0.3, 0.4) is 0 Å². The molecule has 4 rings (SSSR count). The van der Waals surface area contributed by atoms with E-state index in [-0.39, 0.29) is 22.0 Å². The van der Waals surface area contributed by atoms with Gasteiger partial charge in [-0.15, -0.1) is 11.3 Å². The van der Waals surface area contributed by atoms with Crippen molar-refractivity contribution in [3.63, 3.8) is 0 Å². The molecule has 3 heterocycles. The molecule has 1 amide bonds. The van der Waals surface area contributed by atoms with Gasteiger partial charge in [-0.2, -0.15) is 0 Å². The van der Waals surface area contributed by atoms with Gasteiger partial charge in [-0.25, -0.2) is 23.7 Å². The number of nitrogens with one attached hydrogen (secondary N) is 1. The van der Waals surface area contributed by atoms with Crippen LogP contribution in [0.4, 0.5) is 10.5 Å². The van der Waals surface area contributed by atoms with Gasteiger partial charge in [0.05, 0.1) is 20.8 Å². The van der Waals surface area contributed by atoms with Crippen molar-refractivity contribution in [3.8, 4) is 17.2 Å². The number of aryl methyl sites for hydroxylation is 1. The van der Waals surface area contributed by atoms with Crippen molar-refractivity contribution in [2.45, 2.75) is 11.8 Å². The maximum Gasteiger partial charge on any atom is 0.436 e. The van der Waals surface area contributed by atoms with Gasteiger partial charge in [0.2, 0.25) is 0 Å². The van der Waals surface area contributed by atoms with Gasteiger partial charge in [0.1, 0.15) is 17.2 Å². The first kappa shape index (κ1) is 22.5. The lowest BCUT2D eigenvalue weighted by Gasteiger charge is -2.23. The maximum absolute atomic E-state index is 13.4. The van der Waals surface area contributed by atoms with Crippen LogP contribution in [-0.2, 0) is 10.0 Å². The summed E-state index contributed by atoms with van der Waals surface area (Å²) in [4.78, 5) is 20.0. The number of carbonyl (C=O) groups excluding carboxylic acids is 1. The second-order valence-electron chi connectivity index (χ2n) is 6.74. The van der Waals surface area contributed by atoms with Gasteiger partial charge in [-0.05, 0) is 54.8 Å². The average molecular weight is 487 g/mol. The fourth-order valence-corrected chi connectivity index (χ4v) is 5.27. The number of benzene rings is 1. The third kappa shape index (κ3) is 4.44. The quantitative estimate of drug-likeness (QED) is 0.308. The number of aromatic nitrogens is 2. The highest BCUT2D eigenvalue weighted by Crippen LogP contribution is 2.42. The first-order valence-corrected chi connectivity index (χ1v) is 11.8. The Morgan fingerprint density at radius 3 is 2.42 bits per heavy atom. The lowest BCUT2D eigenvalue weighted by Crippen LogP contribution is -2.29. The van der Waals surface area contributed by atoms with E-state index < -0.39 is 16.1 Å². The third-order valence-corrected chi connectivity index (χ3v) is 7.34. The van der Waals surface area contributed by atoms with E-state index in [1.165, 1.54) is 48.1 Å². The van der Waals surface area contributed by atoms with Crippen molar-refractivity contribution >= 4 is 43.4 Å². The SMILES string of the molecule is Cc1nc2ccsc2c(N(C)S(=O)(=O)c2ccc(Oc3ccncc3)cc2)c1OC(=O)NO. The number of sulfonamides is 1. The zero-order chi connectivity index (χ0) is 23.6. The number of amides is 1. The molecule has 170 valence electrons. The molecule has 0 unspecified atom stereocenters. The number of fused-ring (bicyclic) bond motifs is 1. The molecule has 0 saturated heterocycles. The van der Waals surface area contributed by atoms with Crippen LogP contribution < -0.4 is 19.3 Å². The van der Waals surface area contributed by atoms with E-state index >= 15 is 0 Å². The summed E-state index contributed by atoms with van der Waals surface area (Å²) in [7, 11) is -2.70. The summed E-state index contributed by atoms with van der Waals surface area (Å²) in [6, 6.07) is 11.0. The number of rotatable bonds is 6. The molecule has 3 aromatic heterocycles. The number of ether oxygens (including phenoxy) is 2. The minimum Gasteiger partial charge on any atom is -0.457 e. The van der Waals surface area contributed by atoms with Gasteiger partial charge in [-0.3, -0.25) is 14.5 Å². The van der Waals surface area contributed by atoms with Gasteiger partial charge in [0.25, 0.3) is 10.0 Å². The Labute approximate surface area is 193 Å². The molecular weight excluding hydrogens is 468 g/mol. The van der Waals surface area contributed by atoms with Gasteiger partial charge >= 0.3 is 6.09 Å². The van der Waals surface area contributed by atoms with Crippen LogP contribution in [0.15, 0.2) is 65.1 Å². The Kier molecular flexibility index (Phi) is 6.14. The van der Waals surface area contributed by atoms with E-state index in [0.717, 1.165) is 4.31 Å². The number of hydrogen-bond acceptors (Lipinski definition) is 9. The number of pyridine rings is 2.